The van der Waals surface area contributed by atoms with Crippen LogP contribution in [0.3, 0.4) is 0 Å². The zero-order valence-corrected chi connectivity index (χ0v) is 13.3. The highest BCUT2D eigenvalue weighted by molar-refractivity contribution is 7.08. The Morgan fingerprint density at radius 3 is 2.10 bits per heavy atom. The third kappa shape index (κ3) is 3.50. The van der Waals surface area contributed by atoms with Gasteiger partial charge in [0.25, 0.3) is 0 Å². The van der Waals surface area contributed by atoms with Crippen LogP contribution in [0.1, 0.15) is 36.8 Å². The van der Waals surface area contributed by atoms with Crippen LogP contribution in [0.5, 0.6) is 0 Å². The van der Waals surface area contributed by atoms with Crippen molar-refractivity contribution in [1.82, 2.24) is 4.90 Å². The molecule has 108 valence electrons. The minimum absolute atomic E-state index is 0.334. The highest BCUT2D eigenvalue weighted by Crippen LogP contribution is 2.26. The molecule has 2 heterocycles. The fraction of sp³-hybridized carbons (Fsp3) is 0.500. The van der Waals surface area contributed by atoms with E-state index in [1.54, 1.807) is 22.7 Å². The van der Waals surface area contributed by atoms with Crippen LogP contribution >= 0.6 is 22.7 Å². The zero-order chi connectivity index (χ0) is 13.8. The largest absolute Gasteiger partial charge is 0.326 e. The van der Waals surface area contributed by atoms with E-state index in [0.717, 1.165) is 13.1 Å². The Labute approximate surface area is 129 Å². The lowest BCUT2D eigenvalue weighted by atomic mass is 9.89. The topological polar surface area (TPSA) is 29.3 Å². The molecule has 2 atom stereocenters. The molecule has 0 aromatic carbocycles. The lowest BCUT2D eigenvalue weighted by molar-refractivity contribution is 0.122. The second kappa shape index (κ2) is 6.85. The summed E-state index contributed by atoms with van der Waals surface area (Å²) in [7, 11) is 0. The van der Waals surface area contributed by atoms with Gasteiger partial charge in [-0.2, -0.15) is 22.7 Å². The van der Waals surface area contributed by atoms with Crippen LogP contribution in [0.25, 0.3) is 0 Å². The fourth-order valence-electron chi connectivity index (χ4n) is 3.12. The first-order valence-corrected chi connectivity index (χ1v) is 9.23. The van der Waals surface area contributed by atoms with Crippen LogP contribution in [-0.4, -0.2) is 17.0 Å². The zero-order valence-electron chi connectivity index (χ0n) is 11.7. The van der Waals surface area contributed by atoms with E-state index in [4.69, 9.17) is 5.73 Å². The normalized spacial score (nSPS) is 23.3. The summed E-state index contributed by atoms with van der Waals surface area (Å²) in [5, 5.41) is 8.85. The molecule has 0 aliphatic heterocycles. The second-order valence-electron chi connectivity index (χ2n) is 5.68. The van der Waals surface area contributed by atoms with Gasteiger partial charge < -0.3 is 5.73 Å². The summed E-state index contributed by atoms with van der Waals surface area (Å²) in [6.45, 7) is 2.05. The van der Waals surface area contributed by atoms with E-state index < -0.39 is 0 Å². The number of thiophene rings is 2. The number of nitrogens with zero attached hydrogens (tertiary/aromatic N) is 1. The summed E-state index contributed by atoms with van der Waals surface area (Å²) in [6.07, 6.45) is 5.04. The van der Waals surface area contributed by atoms with Crippen molar-refractivity contribution >= 4 is 22.7 Å². The van der Waals surface area contributed by atoms with Gasteiger partial charge in [0.1, 0.15) is 0 Å². The summed E-state index contributed by atoms with van der Waals surface area (Å²) < 4.78 is 0. The van der Waals surface area contributed by atoms with E-state index in [0.29, 0.717) is 12.1 Å². The van der Waals surface area contributed by atoms with Crippen molar-refractivity contribution in [2.24, 2.45) is 5.73 Å². The van der Waals surface area contributed by atoms with Gasteiger partial charge in [0.05, 0.1) is 0 Å². The number of rotatable bonds is 5. The highest BCUT2D eigenvalue weighted by Gasteiger charge is 2.27. The molecule has 1 saturated carbocycles. The van der Waals surface area contributed by atoms with E-state index in [1.165, 1.54) is 36.8 Å². The van der Waals surface area contributed by atoms with Gasteiger partial charge in [-0.1, -0.05) is 12.8 Å². The molecule has 1 aliphatic carbocycles. The standard InChI is InChI=1S/C16H22N2S2/c17-15-3-1-2-4-16(15)18(9-13-5-7-19-11-13)10-14-6-8-20-12-14/h5-8,11-12,15-16H,1-4,9-10,17H2/t15-,16-/m1/s1. The maximum atomic E-state index is 6.40. The minimum atomic E-state index is 0.334. The van der Waals surface area contributed by atoms with E-state index >= 15 is 0 Å². The van der Waals surface area contributed by atoms with E-state index in [-0.39, 0.29) is 0 Å². The Morgan fingerprint density at radius 2 is 1.60 bits per heavy atom. The first kappa shape index (κ1) is 14.3. The van der Waals surface area contributed by atoms with Gasteiger partial charge in [-0.25, -0.2) is 0 Å². The predicted octanol–water partition coefficient (Wildman–Crippen LogP) is 4.08. The number of nitrogens with two attached hydrogens (primary N) is 1. The Morgan fingerprint density at radius 1 is 1.00 bits per heavy atom. The van der Waals surface area contributed by atoms with E-state index in [9.17, 15) is 0 Å². The molecule has 2 N–H and O–H groups in total. The van der Waals surface area contributed by atoms with Crippen LogP contribution in [0.15, 0.2) is 33.7 Å². The molecule has 1 fully saturated rings. The number of hydrogen-bond acceptors (Lipinski definition) is 4. The lowest BCUT2D eigenvalue weighted by Gasteiger charge is -2.38. The van der Waals surface area contributed by atoms with Crippen molar-refractivity contribution in [2.45, 2.75) is 50.9 Å². The van der Waals surface area contributed by atoms with Gasteiger partial charge in [0.2, 0.25) is 0 Å². The van der Waals surface area contributed by atoms with Gasteiger partial charge >= 0.3 is 0 Å². The van der Waals surface area contributed by atoms with Crippen molar-refractivity contribution in [2.75, 3.05) is 0 Å². The van der Waals surface area contributed by atoms with Gasteiger partial charge in [0, 0.05) is 25.2 Å². The van der Waals surface area contributed by atoms with Crippen LogP contribution in [-0.2, 0) is 13.1 Å². The Balaban J connectivity index is 1.74. The SMILES string of the molecule is N[C@@H]1CCCC[C@H]1N(Cc1ccsc1)Cc1ccsc1. The molecular weight excluding hydrogens is 284 g/mol. The van der Waals surface area contributed by atoms with Crippen LogP contribution in [0.4, 0.5) is 0 Å². The monoisotopic (exact) mass is 306 g/mol. The van der Waals surface area contributed by atoms with Crippen LogP contribution in [0, 0.1) is 0 Å². The molecule has 2 aromatic rings. The second-order valence-corrected chi connectivity index (χ2v) is 7.24. The summed E-state index contributed by atoms with van der Waals surface area (Å²) >= 11 is 3.56. The molecule has 0 saturated heterocycles. The van der Waals surface area contributed by atoms with Crippen molar-refractivity contribution in [1.29, 1.82) is 0 Å². The van der Waals surface area contributed by atoms with Gasteiger partial charge in [-0.05, 0) is 57.6 Å². The molecule has 0 radical (unpaired) electrons. The summed E-state index contributed by atoms with van der Waals surface area (Å²) in [5.74, 6) is 0. The lowest BCUT2D eigenvalue weighted by Crippen LogP contribution is -2.48. The van der Waals surface area contributed by atoms with Gasteiger partial charge in [-0.3, -0.25) is 4.90 Å². The van der Waals surface area contributed by atoms with E-state index in [1.807, 2.05) is 0 Å². The third-order valence-corrected chi connectivity index (χ3v) is 5.65. The van der Waals surface area contributed by atoms with E-state index in [2.05, 4.69) is 38.6 Å². The fourth-order valence-corrected chi connectivity index (χ4v) is 4.44. The summed E-state index contributed by atoms with van der Waals surface area (Å²) in [4.78, 5) is 2.59. The molecule has 0 bridgehead atoms. The number of hydrogen-bond donors (Lipinski definition) is 1. The molecular formula is C16H22N2S2. The Kier molecular flexibility index (Phi) is 4.89. The molecule has 0 spiro atoms. The molecule has 0 unspecified atom stereocenters. The van der Waals surface area contributed by atoms with Crippen molar-refractivity contribution < 1.29 is 0 Å². The van der Waals surface area contributed by atoms with Crippen molar-refractivity contribution in [3.8, 4) is 0 Å². The molecule has 20 heavy (non-hydrogen) atoms. The molecule has 2 aromatic heterocycles. The van der Waals surface area contributed by atoms with Crippen molar-refractivity contribution in [3.63, 3.8) is 0 Å². The Bertz CT molecular complexity index is 456. The van der Waals surface area contributed by atoms with Gasteiger partial charge in [0.15, 0.2) is 0 Å². The summed E-state index contributed by atoms with van der Waals surface area (Å²) in [6, 6.07) is 5.34. The van der Waals surface area contributed by atoms with Gasteiger partial charge in [-0.15, -0.1) is 0 Å². The summed E-state index contributed by atoms with van der Waals surface area (Å²) in [5.41, 5.74) is 9.24. The molecule has 4 heteroatoms. The quantitative estimate of drug-likeness (QED) is 0.902. The molecule has 1 aliphatic rings. The predicted molar refractivity (Wildman–Crippen MR) is 88.1 cm³/mol. The van der Waals surface area contributed by atoms with Crippen molar-refractivity contribution in [3.05, 3.63) is 44.8 Å². The first-order valence-electron chi connectivity index (χ1n) is 7.35. The highest BCUT2D eigenvalue weighted by atomic mass is 32.1. The molecule has 2 nitrogen and oxygen atoms in total. The maximum Gasteiger partial charge on any atom is 0.0254 e. The maximum absolute atomic E-state index is 6.40. The minimum Gasteiger partial charge on any atom is -0.326 e. The first-order chi connectivity index (χ1) is 9.83. The average molecular weight is 306 g/mol. The molecule has 3 rings (SSSR count). The average Bonchev–Trinajstić information content (AvgIpc) is 3.12. The third-order valence-electron chi connectivity index (χ3n) is 4.18. The Hall–Kier alpha value is -0.680. The molecule has 0 amide bonds. The van der Waals surface area contributed by atoms with Crippen LogP contribution in [0.2, 0.25) is 0 Å². The van der Waals surface area contributed by atoms with Crippen LogP contribution < -0.4 is 5.73 Å². The smallest absolute Gasteiger partial charge is 0.0254 e.